The topological polar surface area (TPSA) is 67.3 Å². The van der Waals surface area contributed by atoms with Gasteiger partial charge < -0.3 is 5.11 Å². The minimum Gasteiger partial charge on any atom is -0.476 e. The van der Waals surface area contributed by atoms with E-state index in [1.54, 1.807) is 6.92 Å². The molecule has 19 heavy (non-hydrogen) atoms. The summed E-state index contributed by atoms with van der Waals surface area (Å²) in [5, 5.41) is 9.42. The standard InChI is InChI=1S/C13H10FNO3S/c1-6-5-8(14)3-4-9(6)12-15-10(13(17)18)11(19-12)7(2)16/h3-5H,1-2H3,(H,17,18). The molecule has 1 aromatic carbocycles. The molecule has 0 aliphatic carbocycles. The zero-order valence-corrected chi connectivity index (χ0v) is 11.0. The van der Waals surface area contributed by atoms with Crippen molar-refractivity contribution in [2.75, 3.05) is 0 Å². The molecule has 1 N–H and O–H groups in total. The lowest BCUT2D eigenvalue weighted by atomic mass is 10.1. The van der Waals surface area contributed by atoms with Gasteiger partial charge in [0.2, 0.25) is 0 Å². The van der Waals surface area contributed by atoms with E-state index in [2.05, 4.69) is 4.98 Å². The van der Waals surface area contributed by atoms with Crippen LogP contribution in [0.1, 0.15) is 32.6 Å². The fraction of sp³-hybridized carbons (Fsp3) is 0.154. The number of Topliss-reactive ketones (excluding diaryl/α,β-unsaturated/α-hetero) is 1. The lowest BCUT2D eigenvalue weighted by molar-refractivity contribution is 0.0687. The van der Waals surface area contributed by atoms with Crippen LogP contribution in [0.2, 0.25) is 0 Å². The summed E-state index contributed by atoms with van der Waals surface area (Å²) in [6.45, 7) is 2.99. The number of carbonyl (C=O) groups is 2. The molecule has 0 aliphatic rings. The van der Waals surface area contributed by atoms with Crippen LogP contribution < -0.4 is 0 Å². The second kappa shape index (κ2) is 4.89. The van der Waals surface area contributed by atoms with E-state index in [9.17, 15) is 14.0 Å². The van der Waals surface area contributed by atoms with Crippen molar-refractivity contribution in [3.63, 3.8) is 0 Å². The van der Waals surface area contributed by atoms with Crippen molar-refractivity contribution in [3.8, 4) is 10.6 Å². The summed E-state index contributed by atoms with van der Waals surface area (Å²) >= 11 is 1.01. The maximum absolute atomic E-state index is 13.0. The molecule has 2 rings (SSSR count). The Labute approximate surface area is 112 Å². The third-order valence-electron chi connectivity index (χ3n) is 2.57. The Bertz CT molecular complexity index is 647. The smallest absolute Gasteiger partial charge is 0.356 e. The highest BCUT2D eigenvalue weighted by Crippen LogP contribution is 2.31. The Morgan fingerprint density at radius 1 is 1.37 bits per heavy atom. The molecule has 98 valence electrons. The van der Waals surface area contributed by atoms with Gasteiger partial charge in [-0.1, -0.05) is 0 Å². The fourth-order valence-electron chi connectivity index (χ4n) is 1.69. The van der Waals surface area contributed by atoms with E-state index in [1.165, 1.54) is 25.1 Å². The Morgan fingerprint density at radius 3 is 2.53 bits per heavy atom. The van der Waals surface area contributed by atoms with Crippen LogP contribution in [0.25, 0.3) is 10.6 Å². The maximum Gasteiger partial charge on any atom is 0.356 e. The molecule has 0 spiro atoms. The van der Waals surface area contributed by atoms with Crippen LogP contribution in [0.5, 0.6) is 0 Å². The quantitative estimate of drug-likeness (QED) is 0.876. The number of aromatic nitrogens is 1. The third-order valence-corrected chi connectivity index (χ3v) is 3.76. The van der Waals surface area contributed by atoms with Crippen LogP contribution in [0.4, 0.5) is 4.39 Å². The molecule has 6 heteroatoms. The van der Waals surface area contributed by atoms with Gasteiger partial charge in [-0.05, 0) is 30.7 Å². The molecule has 0 aliphatic heterocycles. The number of carboxylic acids is 1. The molecular formula is C13H10FNO3S. The van der Waals surface area contributed by atoms with Crippen molar-refractivity contribution in [2.45, 2.75) is 13.8 Å². The number of thiazole rings is 1. The average molecular weight is 279 g/mol. The molecule has 0 unspecified atom stereocenters. The highest BCUT2D eigenvalue weighted by molar-refractivity contribution is 7.17. The summed E-state index contributed by atoms with van der Waals surface area (Å²) in [4.78, 5) is 26.5. The van der Waals surface area contributed by atoms with Crippen molar-refractivity contribution in [3.05, 3.63) is 40.2 Å². The Balaban J connectivity index is 2.60. The zero-order valence-electron chi connectivity index (χ0n) is 10.2. The summed E-state index contributed by atoms with van der Waals surface area (Å²) in [7, 11) is 0. The predicted octanol–water partition coefficient (Wildman–Crippen LogP) is 3.16. The number of aryl methyl sites for hydroxylation is 1. The lowest BCUT2D eigenvalue weighted by Crippen LogP contribution is -2.03. The number of ketones is 1. The van der Waals surface area contributed by atoms with Gasteiger partial charge in [-0.3, -0.25) is 4.79 Å². The van der Waals surface area contributed by atoms with E-state index in [0.717, 1.165) is 11.3 Å². The van der Waals surface area contributed by atoms with Crippen molar-refractivity contribution in [2.24, 2.45) is 0 Å². The molecule has 4 nitrogen and oxygen atoms in total. The number of rotatable bonds is 3. The van der Waals surface area contributed by atoms with Gasteiger partial charge in [0.1, 0.15) is 15.7 Å². The molecule has 0 saturated carbocycles. The molecule has 0 bridgehead atoms. The molecule has 0 atom stereocenters. The van der Waals surface area contributed by atoms with Crippen molar-refractivity contribution < 1.29 is 19.1 Å². The summed E-state index contributed by atoms with van der Waals surface area (Å²) in [5.74, 6) is -1.96. The van der Waals surface area contributed by atoms with Crippen LogP contribution in [0.15, 0.2) is 18.2 Å². The van der Waals surface area contributed by atoms with Crippen LogP contribution in [0, 0.1) is 12.7 Å². The molecule has 0 amide bonds. The number of benzene rings is 1. The Hall–Kier alpha value is -2.08. The number of carbonyl (C=O) groups excluding carboxylic acids is 1. The second-order valence-corrected chi connectivity index (χ2v) is 5.02. The van der Waals surface area contributed by atoms with Gasteiger partial charge in [-0.15, -0.1) is 11.3 Å². The van der Waals surface area contributed by atoms with Gasteiger partial charge in [-0.25, -0.2) is 14.2 Å². The van der Waals surface area contributed by atoms with Crippen molar-refractivity contribution in [1.29, 1.82) is 0 Å². The van der Waals surface area contributed by atoms with Gasteiger partial charge in [0, 0.05) is 12.5 Å². The van der Waals surface area contributed by atoms with E-state index in [-0.39, 0.29) is 22.2 Å². The van der Waals surface area contributed by atoms with E-state index in [1.807, 2.05) is 0 Å². The number of aromatic carboxylic acids is 1. The number of hydrogen-bond donors (Lipinski definition) is 1. The monoisotopic (exact) mass is 279 g/mol. The van der Waals surface area contributed by atoms with Gasteiger partial charge in [-0.2, -0.15) is 0 Å². The first-order valence-corrected chi connectivity index (χ1v) is 6.23. The molecular weight excluding hydrogens is 269 g/mol. The Kier molecular flexibility index (Phi) is 3.44. The number of halogens is 1. The first kappa shape index (κ1) is 13.4. The maximum atomic E-state index is 13.0. The van der Waals surface area contributed by atoms with Crippen LogP contribution >= 0.6 is 11.3 Å². The highest BCUT2D eigenvalue weighted by atomic mass is 32.1. The van der Waals surface area contributed by atoms with Crippen LogP contribution in [-0.2, 0) is 0 Å². The minimum atomic E-state index is -1.24. The fourth-order valence-corrected chi connectivity index (χ4v) is 2.73. The van der Waals surface area contributed by atoms with Crippen LogP contribution in [0.3, 0.4) is 0 Å². The molecule has 0 radical (unpaired) electrons. The van der Waals surface area contributed by atoms with Gasteiger partial charge in [0.25, 0.3) is 0 Å². The highest BCUT2D eigenvalue weighted by Gasteiger charge is 2.21. The summed E-state index contributed by atoms with van der Waals surface area (Å²) in [6.07, 6.45) is 0. The number of carboxylic acid groups (broad SMARTS) is 1. The average Bonchev–Trinajstić information content (AvgIpc) is 2.73. The predicted molar refractivity (Wildman–Crippen MR) is 69.2 cm³/mol. The molecule has 0 saturated heterocycles. The lowest BCUT2D eigenvalue weighted by Gasteiger charge is -2.01. The van der Waals surface area contributed by atoms with Crippen molar-refractivity contribution >= 4 is 23.1 Å². The largest absolute Gasteiger partial charge is 0.476 e. The van der Waals surface area contributed by atoms with Crippen LogP contribution in [-0.4, -0.2) is 21.8 Å². The number of nitrogens with zero attached hydrogens (tertiary/aromatic N) is 1. The third kappa shape index (κ3) is 2.53. The number of hydrogen-bond acceptors (Lipinski definition) is 4. The summed E-state index contributed by atoms with van der Waals surface area (Å²) < 4.78 is 13.0. The van der Waals surface area contributed by atoms with Gasteiger partial charge in [0.05, 0.1) is 0 Å². The normalized spacial score (nSPS) is 10.5. The SMILES string of the molecule is CC(=O)c1sc(-c2ccc(F)cc2C)nc1C(=O)O. The molecule has 2 aromatic rings. The van der Waals surface area contributed by atoms with E-state index in [4.69, 9.17) is 5.11 Å². The van der Waals surface area contributed by atoms with Gasteiger partial charge in [0.15, 0.2) is 11.5 Å². The van der Waals surface area contributed by atoms with Crippen molar-refractivity contribution in [1.82, 2.24) is 4.98 Å². The Morgan fingerprint density at radius 2 is 2.05 bits per heavy atom. The summed E-state index contributed by atoms with van der Waals surface area (Å²) in [6, 6.07) is 4.14. The van der Waals surface area contributed by atoms with Gasteiger partial charge >= 0.3 is 5.97 Å². The van der Waals surface area contributed by atoms with E-state index >= 15 is 0 Å². The second-order valence-electron chi connectivity index (χ2n) is 4.02. The summed E-state index contributed by atoms with van der Waals surface area (Å²) in [5.41, 5.74) is 1.01. The molecule has 0 fully saturated rings. The first-order chi connectivity index (χ1) is 8.90. The minimum absolute atomic E-state index is 0.103. The zero-order chi connectivity index (χ0) is 14.2. The molecule has 1 aromatic heterocycles. The van der Waals surface area contributed by atoms with E-state index < -0.39 is 5.97 Å². The first-order valence-electron chi connectivity index (χ1n) is 5.41. The molecule has 1 heterocycles. The van der Waals surface area contributed by atoms with E-state index in [0.29, 0.717) is 16.1 Å².